The summed E-state index contributed by atoms with van der Waals surface area (Å²) in [6.45, 7) is 4.08. The van der Waals surface area contributed by atoms with E-state index >= 15 is 0 Å². The van der Waals surface area contributed by atoms with Crippen LogP contribution in [0.25, 0.3) is 0 Å². The van der Waals surface area contributed by atoms with E-state index in [-0.39, 0.29) is 18.0 Å². The third-order valence-electron chi connectivity index (χ3n) is 4.60. The van der Waals surface area contributed by atoms with E-state index in [9.17, 15) is 18.3 Å². The molecule has 0 bridgehead atoms. The minimum atomic E-state index is -3.89. The average Bonchev–Trinajstić information content (AvgIpc) is 2.70. The number of phenols is 1. The van der Waals surface area contributed by atoms with E-state index in [4.69, 9.17) is 0 Å². The van der Waals surface area contributed by atoms with Gasteiger partial charge in [-0.2, -0.15) is 8.42 Å². The summed E-state index contributed by atoms with van der Waals surface area (Å²) in [5.41, 5.74) is 2.31. The van der Waals surface area contributed by atoms with Crippen molar-refractivity contribution in [2.75, 3.05) is 10.8 Å². The van der Waals surface area contributed by atoms with E-state index in [2.05, 4.69) is 13.8 Å². The number of carbonyl (C=O) groups excluding carboxylic acids is 1. The van der Waals surface area contributed by atoms with Gasteiger partial charge in [0.1, 0.15) is 12.3 Å². The molecule has 1 fully saturated rings. The highest BCUT2D eigenvalue weighted by Crippen LogP contribution is 2.38. The lowest BCUT2D eigenvalue weighted by Crippen LogP contribution is -2.30. The van der Waals surface area contributed by atoms with Crippen LogP contribution in [0.3, 0.4) is 0 Å². The van der Waals surface area contributed by atoms with Crippen LogP contribution < -0.4 is 9.03 Å². The Morgan fingerprint density at radius 2 is 2.05 bits per heavy atom. The topological polar surface area (TPSA) is 86.7 Å². The fourth-order valence-electron chi connectivity index (χ4n) is 3.24. The van der Waals surface area contributed by atoms with Crippen LogP contribution in [-0.2, 0) is 27.8 Å². The number of benzene rings is 1. The molecule has 0 saturated carbocycles. The Hall–Kier alpha value is -1.76. The van der Waals surface area contributed by atoms with Crippen LogP contribution >= 0.6 is 0 Å². The molecule has 6 nitrogen and oxygen atoms in total. The number of rotatable bonds is 2. The van der Waals surface area contributed by atoms with Gasteiger partial charge in [-0.05, 0) is 54.4 Å². The molecule has 0 aromatic heterocycles. The molecule has 3 rings (SSSR count). The first-order valence-corrected chi connectivity index (χ1v) is 8.90. The summed E-state index contributed by atoms with van der Waals surface area (Å²) in [7, 11) is -3.89. The van der Waals surface area contributed by atoms with Crippen molar-refractivity contribution in [3.63, 3.8) is 0 Å². The first-order valence-electron chi connectivity index (χ1n) is 7.46. The van der Waals surface area contributed by atoms with Crippen molar-refractivity contribution in [3.05, 3.63) is 23.3 Å². The maximum atomic E-state index is 11.9. The molecule has 1 aromatic rings. The number of hydrogen-bond acceptors (Lipinski definition) is 4. The first kappa shape index (κ1) is 15.1. The number of carbonyl (C=O) groups is 1. The van der Waals surface area contributed by atoms with Crippen LogP contribution in [0.5, 0.6) is 5.75 Å². The number of aromatic hydroxyl groups is 1. The number of nitrogens with zero attached hydrogens (tertiary/aromatic N) is 1. The number of aryl methyl sites for hydroxylation is 1. The Morgan fingerprint density at radius 3 is 2.64 bits per heavy atom. The van der Waals surface area contributed by atoms with Gasteiger partial charge in [-0.1, -0.05) is 13.8 Å². The molecular formula is C15H20N2O4S. The zero-order valence-electron chi connectivity index (χ0n) is 12.7. The fourth-order valence-corrected chi connectivity index (χ4v) is 4.40. The number of hydrogen-bond donors (Lipinski definition) is 2. The second-order valence-corrected chi connectivity index (χ2v) is 7.99. The van der Waals surface area contributed by atoms with Crippen LogP contribution in [0.4, 0.5) is 5.69 Å². The molecular weight excluding hydrogens is 304 g/mol. The zero-order valence-corrected chi connectivity index (χ0v) is 13.5. The second kappa shape index (κ2) is 5.15. The third kappa shape index (κ3) is 2.54. The van der Waals surface area contributed by atoms with E-state index in [1.54, 1.807) is 12.1 Å². The summed E-state index contributed by atoms with van der Waals surface area (Å²) >= 11 is 0. The van der Waals surface area contributed by atoms with Gasteiger partial charge < -0.3 is 5.11 Å². The Labute approximate surface area is 130 Å². The maximum Gasteiger partial charge on any atom is 0.326 e. The van der Waals surface area contributed by atoms with Crippen molar-refractivity contribution in [1.29, 1.82) is 0 Å². The van der Waals surface area contributed by atoms with Crippen LogP contribution in [-0.4, -0.2) is 26.0 Å². The standard InChI is InChI=1S/C15H20N2O4S/c1-9(2)10-3-4-11-7-14(18)13(6-12(11)5-10)17-8-15(19)16-22(17,20)21/h6-7,9-10,18H,3-5,8H2,1-2H3,(H,16,19). The summed E-state index contributed by atoms with van der Waals surface area (Å²) in [5.74, 6) is 0.433. The van der Waals surface area contributed by atoms with Gasteiger partial charge in [0.05, 0.1) is 5.69 Å². The van der Waals surface area contributed by atoms with Crippen molar-refractivity contribution in [1.82, 2.24) is 4.72 Å². The minimum absolute atomic E-state index is 0.0955. The Balaban J connectivity index is 2.01. The number of phenolic OH excluding ortho intramolecular Hbond substituents is 1. The lowest BCUT2D eigenvalue weighted by molar-refractivity contribution is -0.117. The van der Waals surface area contributed by atoms with Crippen molar-refractivity contribution in [2.45, 2.75) is 33.1 Å². The van der Waals surface area contributed by atoms with Gasteiger partial charge in [0, 0.05) is 0 Å². The predicted octanol–water partition coefficient (Wildman–Crippen LogP) is 1.33. The molecule has 2 N–H and O–H groups in total. The fraction of sp³-hybridized carbons (Fsp3) is 0.533. The number of amides is 1. The molecule has 1 aliphatic heterocycles. The average molecular weight is 324 g/mol. The van der Waals surface area contributed by atoms with Gasteiger partial charge in [-0.15, -0.1) is 0 Å². The lowest BCUT2D eigenvalue weighted by Gasteiger charge is -2.29. The predicted molar refractivity (Wildman–Crippen MR) is 82.9 cm³/mol. The molecule has 0 radical (unpaired) electrons. The molecule has 1 amide bonds. The largest absolute Gasteiger partial charge is 0.506 e. The van der Waals surface area contributed by atoms with Gasteiger partial charge in [0.2, 0.25) is 0 Å². The highest BCUT2D eigenvalue weighted by atomic mass is 32.2. The van der Waals surface area contributed by atoms with Gasteiger partial charge in [0.25, 0.3) is 5.91 Å². The zero-order chi connectivity index (χ0) is 16.1. The monoisotopic (exact) mass is 324 g/mol. The molecule has 1 aromatic carbocycles. The van der Waals surface area contributed by atoms with E-state index in [1.165, 1.54) is 0 Å². The SMILES string of the molecule is CC(C)C1CCc2cc(O)c(N3CC(=O)NS3(=O)=O)cc2C1. The molecule has 120 valence electrons. The van der Waals surface area contributed by atoms with Crippen LogP contribution in [0, 0.1) is 11.8 Å². The lowest BCUT2D eigenvalue weighted by atomic mass is 9.78. The van der Waals surface area contributed by atoms with Crippen molar-refractivity contribution < 1.29 is 18.3 Å². The van der Waals surface area contributed by atoms with Gasteiger partial charge in [-0.3, -0.25) is 4.79 Å². The minimum Gasteiger partial charge on any atom is -0.506 e. The Morgan fingerprint density at radius 1 is 1.32 bits per heavy atom. The van der Waals surface area contributed by atoms with Crippen LogP contribution in [0.2, 0.25) is 0 Å². The quantitative estimate of drug-likeness (QED) is 0.859. The van der Waals surface area contributed by atoms with Crippen LogP contribution in [0.1, 0.15) is 31.4 Å². The molecule has 1 saturated heterocycles. The summed E-state index contributed by atoms with van der Waals surface area (Å²) in [6.07, 6.45) is 2.83. The Kier molecular flexibility index (Phi) is 3.55. The van der Waals surface area contributed by atoms with Gasteiger partial charge in [-0.25, -0.2) is 9.03 Å². The molecule has 7 heteroatoms. The normalized spacial score (nSPS) is 23.5. The summed E-state index contributed by atoms with van der Waals surface area (Å²) < 4.78 is 26.8. The van der Waals surface area contributed by atoms with Gasteiger partial charge in [0.15, 0.2) is 0 Å². The number of nitrogens with one attached hydrogen (secondary N) is 1. The Bertz CT molecular complexity index is 727. The van der Waals surface area contributed by atoms with E-state index < -0.39 is 16.1 Å². The van der Waals surface area contributed by atoms with Crippen molar-refractivity contribution >= 4 is 21.8 Å². The van der Waals surface area contributed by atoms with E-state index in [1.807, 2.05) is 4.72 Å². The smallest absolute Gasteiger partial charge is 0.326 e. The van der Waals surface area contributed by atoms with Crippen molar-refractivity contribution in [3.8, 4) is 5.75 Å². The summed E-state index contributed by atoms with van der Waals surface area (Å²) in [6, 6.07) is 3.36. The highest BCUT2D eigenvalue weighted by Gasteiger charge is 2.36. The molecule has 1 unspecified atom stereocenters. The molecule has 1 heterocycles. The summed E-state index contributed by atoms with van der Waals surface area (Å²) in [5, 5.41) is 10.2. The number of anilines is 1. The van der Waals surface area contributed by atoms with E-state index in [0.717, 1.165) is 34.7 Å². The molecule has 1 aliphatic carbocycles. The molecule has 2 aliphatic rings. The highest BCUT2D eigenvalue weighted by molar-refractivity contribution is 7.92. The van der Waals surface area contributed by atoms with Crippen LogP contribution in [0.15, 0.2) is 12.1 Å². The molecule has 0 spiro atoms. The molecule has 22 heavy (non-hydrogen) atoms. The van der Waals surface area contributed by atoms with Gasteiger partial charge >= 0.3 is 10.2 Å². The molecule has 1 atom stereocenters. The summed E-state index contributed by atoms with van der Waals surface area (Å²) in [4.78, 5) is 11.4. The maximum absolute atomic E-state index is 11.9. The second-order valence-electron chi connectivity index (χ2n) is 6.39. The first-order chi connectivity index (χ1) is 10.3. The third-order valence-corrected chi connectivity index (χ3v) is 5.99. The number of fused-ring (bicyclic) bond motifs is 1. The van der Waals surface area contributed by atoms with Crippen molar-refractivity contribution in [2.24, 2.45) is 11.8 Å². The van der Waals surface area contributed by atoms with E-state index in [0.29, 0.717) is 11.8 Å².